The summed E-state index contributed by atoms with van der Waals surface area (Å²) in [7, 11) is 0. The Hall–Kier alpha value is -2.81. The predicted octanol–water partition coefficient (Wildman–Crippen LogP) is 3.86. The molecule has 3 aliphatic rings. The second kappa shape index (κ2) is 7.46. The van der Waals surface area contributed by atoms with Crippen molar-refractivity contribution in [2.45, 2.75) is 70.4 Å². The first-order valence-electron chi connectivity index (χ1n) is 11.2. The Morgan fingerprint density at radius 1 is 1.40 bits per heavy atom. The number of hydrogen-bond donors (Lipinski definition) is 1. The predicted molar refractivity (Wildman–Crippen MR) is 112 cm³/mol. The number of amides is 1. The highest BCUT2D eigenvalue weighted by molar-refractivity contribution is 5.99. The van der Waals surface area contributed by atoms with Gasteiger partial charge in [-0.25, -0.2) is 0 Å². The van der Waals surface area contributed by atoms with Crippen molar-refractivity contribution in [2.75, 3.05) is 6.61 Å². The molecule has 1 aromatic heterocycles. The Kier molecular flexibility index (Phi) is 4.77. The normalized spacial score (nSPS) is 21.8. The highest BCUT2D eigenvalue weighted by Crippen LogP contribution is 2.43. The van der Waals surface area contributed by atoms with E-state index >= 15 is 0 Å². The molecule has 1 saturated carbocycles. The van der Waals surface area contributed by atoms with E-state index in [2.05, 4.69) is 30.4 Å². The molecule has 2 aromatic rings. The maximum atomic E-state index is 13.1. The van der Waals surface area contributed by atoms with E-state index in [1.54, 1.807) is 4.68 Å². The highest BCUT2D eigenvalue weighted by Gasteiger charge is 2.46. The van der Waals surface area contributed by atoms with Crippen LogP contribution in [0.3, 0.4) is 0 Å². The molecule has 156 valence electrons. The average Bonchev–Trinajstić information content (AvgIpc) is 3.42. The topological polar surface area (TPSA) is 79.9 Å². The molecule has 2 aliphatic carbocycles. The van der Waals surface area contributed by atoms with Crippen molar-refractivity contribution < 1.29 is 9.53 Å². The zero-order chi connectivity index (χ0) is 20.7. The second-order valence-electron chi connectivity index (χ2n) is 8.97. The van der Waals surface area contributed by atoms with Crippen molar-refractivity contribution >= 4 is 5.91 Å². The van der Waals surface area contributed by atoms with Crippen molar-refractivity contribution in [3.63, 3.8) is 0 Å². The number of nitriles is 1. The van der Waals surface area contributed by atoms with Crippen LogP contribution in [0.4, 0.5) is 0 Å². The molecule has 0 bridgehead atoms. The van der Waals surface area contributed by atoms with Gasteiger partial charge in [0.15, 0.2) is 5.69 Å². The summed E-state index contributed by atoms with van der Waals surface area (Å²) in [5.41, 5.74) is 3.63. The molecular formula is C24H28N4O2. The third-order valence-corrected chi connectivity index (χ3v) is 6.81. The van der Waals surface area contributed by atoms with Gasteiger partial charge in [-0.05, 0) is 54.9 Å². The van der Waals surface area contributed by atoms with Crippen LogP contribution in [-0.2, 0) is 24.9 Å². The SMILES string of the molecule is CCCCOc1ccc2c(c1)CC[C@]21Cc2nn(CCC3CC3)c(C#N)c2C(=O)N1. The number of carbonyl (C=O) groups excluding carboxylic acids is 1. The molecule has 0 saturated heterocycles. The van der Waals surface area contributed by atoms with Crippen LogP contribution in [0.25, 0.3) is 0 Å². The standard InChI is InChI=1S/C24H28N4O2/c1-2-3-12-30-18-6-7-19-17(13-18)8-10-24(19)14-20-22(23(29)26-24)21(15-25)28(27-20)11-9-16-4-5-16/h6-7,13,16H,2-5,8-12,14H2,1H3,(H,26,29)/t24-/m0/s1. The molecule has 6 heteroatoms. The van der Waals surface area contributed by atoms with Crippen LogP contribution < -0.4 is 10.1 Å². The molecule has 1 spiro atoms. The molecular weight excluding hydrogens is 376 g/mol. The molecule has 1 fully saturated rings. The minimum atomic E-state index is -0.427. The first-order valence-corrected chi connectivity index (χ1v) is 11.2. The Morgan fingerprint density at radius 2 is 2.27 bits per heavy atom. The third-order valence-electron chi connectivity index (χ3n) is 6.81. The summed E-state index contributed by atoms with van der Waals surface area (Å²) in [6, 6.07) is 8.47. The molecule has 2 heterocycles. The Bertz CT molecular complexity index is 1030. The lowest BCUT2D eigenvalue weighted by atomic mass is 9.82. The summed E-state index contributed by atoms with van der Waals surface area (Å²) in [5, 5.41) is 17.7. The van der Waals surface area contributed by atoms with Gasteiger partial charge in [-0.15, -0.1) is 0 Å². The van der Waals surface area contributed by atoms with Gasteiger partial charge in [0.1, 0.15) is 11.8 Å². The fraction of sp³-hybridized carbons (Fsp3) is 0.542. The van der Waals surface area contributed by atoms with E-state index in [9.17, 15) is 10.1 Å². The Balaban J connectivity index is 1.42. The van der Waals surface area contributed by atoms with Crippen molar-refractivity contribution in [3.8, 4) is 11.8 Å². The lowest BCUT2D eigenvalue weighted by Gasteiger charge is -2.34. The molecule has 6 nitrogen and oxygen atoms in total. The van der Waals surface area contributed by atoms with E-state index < -0.39 is 5.54 Å². The number of hydrogen-bond acceptors (Lipinski definition) is 4. The van der Waals surface area contributed by atoms with Crippen LogP contribution in [0.1, 0.15) is 78.3 Å². The number of carbonyl (C=O) groups is 1. The molecule has 1 amide bonds. The Morgan fingerprint density at radius 3 is 3.03 bits per heavy atom. The van der Waals surface area contributed by atoms with Crippen LogP contribution in [0.5, 0.6) is 5.75 Å². The fourth-order valence-electron chi connectivity index (χ4n) is 4.93. The Labute approximate surface area is 177 Å². The third kappa shape index (κ3) is 3.27. The average molecular weight is 405 g/mol. The quantitative estimate of drug-likeness (QED) is 0.711. The highest BCUT2D eigenvalue weighted by atomic mass is 16.5. The number of nitrogens with zero attached hydrogens (tertiary/aromatic N) is 3. The lowest BCUT2D eigenvalue weighted by molar-refractivity contribution is 0.0875. The molecule has 30 heavy (non-hydrogen) atoms. The van der Waals surface area contributed by atoms with E-state index in [1.165, 1.54) is 18.4 Å². The van der Waals surface area contributed by atoms with E-state index in [0.717, 1.165) is 68.2 Å². The zero-order valence-corrected chi connectivity index (χ0v) is 17.5. The van der Waals surface area contributed by atoms with Crippen LogP contribution in [-0.4, -0.2) is 22.3 Å². The zero-order valence-electron chi connectivity index (χ0n) is 17.5. The van der Waals surface area contributed by atoms with Crippen molar-refractivity contribution in [2.24, 2.45) is 5.92 Å². The summed E-state index contributed by atoms with van der Waals surface area (Å²) < 4.78 is 7.64. The van der Waals surface area contributed by atoms with Crippen LogP contribution in [0.15, 0.2) is 18.2 Å². The van der Waals surface area contributed by atoms with E-state index in [1.807, 2.05) is 6.07 Å². The molecule has 1 N–H and O–H groups in total. The first-order chi connectivity index (χ1) is 14.6. The minimum Gasteiger partial charge on any atom is -0.494 e. The summed E-state index contributed by atoms with van der Waals surface area (Å²) >= 11 is 0. The van der Waals surface area contributed by atoms with Gasteiger partial charge in [0.2, 0.25) is 0 Å². The van der Waals surface area contributed by atoms with Crippen molar-refractivity contribution in [1.29, 1.82) is 5.26 Å². The maximum Gasteiger partial charge on any atom is 0.256 e. The van der Waals surface area contributed by atoms with E-state index in [0.29, 0.717) is 17.7 Å². The van der Waals surface area contributed by atoms with Crippen molar-refractivity contribution in [1.82, 2.24) is 15.1 Å². The monoisotopic (exact) mass is 404 g/mol. The number of nitrogens with one attached hydrogen (secondary N) is 1. The van der Waals surface area contributed by atoms with Crippen molar-refractivity contribution in [3.05, 3.63) is 46.3 Å². The number of aromatic nitrogens is 2. The summed E-state index contributed by atoms with van der Waals surface area (Å²) in [4.78, 5) is 13.1. The number of ether oxygens (including phenoxy) is 1. The second-order valence-corrected chi connectivity index (χ2v) is 8.97. The summed E-state index contributed by atoms with van der Waals surface area (Å²) in [5.74, 6) is 1.49. The maximum absolute atomic E-state index is 13.1. The van der Waals surface area contributed by atoms with E-state index in [4.69, 9.17) is 9.84 Å². The molecule has 0 unspecified atom stereocenters. The number of benzene rings is 1. The van der Waals surface area contributed by atoms with Gasteiger partial charge in [-0.2, -0.15) is 10.4 Å². The molecule has 1 atom stereocenters. The largest absolute Gasteiger partial charge is 0.494 e. The van der Waals surface area contributed by atoms with Gasteiger partial charge in [0.05, 0.1) is 23.4 Å². The number of aryl methyl sites for hydroxylation is 2. The van der Waals surface area contributed by atoms with Gasteiger partial charge in [-0.1, -0.05) is 32.3 Å². The first kappa shape index (κ1) is 19.2. The van der Waals surface area contributed by atoms with Gasteiger partial charge >= 0.3 is 0 Å². The lowest BCUT2D eigenvalue weighted by Crippen LogP contribution is -2.49. The van der Waals surface area contributed by atoms with Crippen LogP contribution in [0.2, 0.25) is 0 Å². The molecule has 0 radical (unpaired) electrons. The molecule has 5 rings (SSSR count). The summed E-state index contributed by atoms with van der Waals surface area (Å²) in [6.07, 6.45) is 8.13. The fourth-order valence-corrected chi connectivity index (χ4v) is 4.93. The van der Waals surface area contributed by atoms with Gasteiger partial charge in [0.25, 0.3) is 5.91 Å². The van der Waals surface area contributed by atoms with Gasteiger partial charge in [0, 0.05) is 13.0 Å². The smallest absolute Gasteiger partial charge is 0.256 e. The minimum absolute atomic E-state index is 0.165. The summed E-state index contributed by atoms with van der Waals surface area (Å²) in [6.45, 7) is 3.60. The number of unbranched alkanes of at least 4 members (excludes halogenated alkanes) is 1. The number of rotatable bonds is 7. The molecule has 1 aromatic carbocycles. The van der Waals surface area contributed by atoms with E-state index in [-0.39, 0.29) is 5.91 Å². The van der Waals surface area contributed by atoms with Gasteiger partial charge in [-0.3, -0.25) is 9.48 Å². The van der Waals surface area contributed by atoms with Crippen LogP contribution in [0, 0.1) is 17.2 Å². The van der Waals surface area contributed by atoms with Crippen LogP contribution >= 0.6 is 0 Å². The number of fused-ring (bicyclic) bond motifs is 3. The van der Waals surface area contributed by atoms with Gasteiger partial charge < -0.3 is 10.1 Å². The molecule has 1 aliphatic heterocycles.